The number of hydrogen-bond acceptors (Lipinski definition) is 9. The first-order chi connectivity index (χ1) is 31.4. The Hall–Kier alpha value is -7.10. The van der Waals surface area contributed by atoms with E-state index in [0.717, 1.165) is 81.7 Å². The lowest BCUT2D eigenvalue weighted by atomic mass is 10.0. The number of rotatable bonds is 11. The summed E-state index contributed by atoms with van der Waals surface area (Å²) in [6, 6.07) is 22.9. The molecule has 6 heterocycles. The van der Waals surface area contributed by atoms with Crippen molar-refractivity contribution in [2.45, 2.75) is 83.8 Å². The second kappa shape index (κ2) is 17.8. The van der Waals surface area contributed by atoms with E-state index in [1.165, 1.54) is 14.2 Å². The Morgan fingerprint density at radius 2 is 1.25 bits per heavy atom. The molecule has 16 nitrogen and oxygen atoms in total. The van der Waals surface area contributed by atoms with Crippen LogP contribution in [0.5, 0.6) is 5.75 Å². The minimum Gasteiger partial charge on any atom is -0.465 e. The van der Waals surface area contributed by atoms with E-state index in [1.807, 2.05) is 68.0 Å². The standard InChI is InChI=1S/C49H55N9O7/c1-27(2)41(54-48(61)63-5)45(59)56-20-10-14-37(56)43-50-25-34(52-43)30-17-19-36-32(22-30)23-39-33-18-16-31(24-40(33)65-47(58(36)39)29-12-8-7-9-13-29)35-26-51-44(53-35)38-15-11-21-57(38)46(60)42(28(3)4)55-49(62)64-6/h7-9,12-13,16-19,22-28,37-38,41-42,47H,10-11,14-15,20-21H2,1-6H3,(H,50,52)(H,51,53)(H,54,61)(H,55,62)/t37-,38?,41?,42?,47?/m0/s1. The predicted molar refractivity (Wildman–Crippen MR) is 243 cm³/mol. The van der Waals surface area contributed by atoms with E-state index >= 15 is 0 Å². The summed E-state index contributed by atoms with van der Waals surface area (Å²) in [6.45, 7) is 8.75. The van der Waals surface area contributed by atoms with E-state index in [2.05, 4.69) is 73.7 Å². The Bertz CT molecular complexity index is 2740. The third kappa shape index (κ3) is 8.17. The van der Waals surface area contributed by atoms with Crippen molar-refractivity contribution >= 4 is 34.9 Å². The topological polar surface area (TPSA) is 189 Å². The van der Waals surface area contributed by atoms with Crippen LogP contribution in [0.25, 0.3) is 44.7 Å². The molecule has 0 bridgehead atoms. The zero-order valence-electron chi connectivity index (χ0n) is 37.5. The number of aromatic amines is 2. The van der Waals surface area contributed by atoms with Crippen molar-refractivity contribution in [3.8, 4) is 39.5 Å². The SMILES string of the molecule is COC(=O)NC(C(=O)N1CCCC1c1ncc(-c2ccc3c(c2)OC(c2ccccc2)n2c-3cc3cc(-c4cnc([C@@H]5CCCN5C(=O)C(NC(=O)OC)C(C)C)[nH]4)ccc32)[nH]1)C(C)C. The van der Waals surface area contributed by atoms with Gasteiger partial charge in [0.1, 0.15) is 29.5 Å². The molecule has 3 aromatic heterocycles. The van der Waals surface area contributed by atoms with Gasteiger partial charge < -0.3 is 49.2 Å². The van der Waals surface area contributed by atoms with Crippen LogP contribution < -0.4 is 15.4 Å². The quantitative estimate of drug-likeness (QED) is 0.0997. The first kappa shape index (κ1) is 43.2. The average molecular weight is 882 g/mol. The summed E-state index contributed by atoms with van der Waals surface area (Å²) >= 11 is 0. The van der Waals surface area contributed by atoms with E-state index < -0.39 is 30.5 Å². The zero-order chi connectivity index (χ0) is 45.5. The predicted octanol–water partition coefficient (Wildman–Crippen LogP) is 8.12. The molecule has 3 aliphatic rings. The highest BCUT2D eigenvalue weighted by Gasteiger charge is 2.39. The molecular formula is C49H55N9O7. The summed E-state index contributed by atoms with van der Waals surface area (Å²) < 4.78 is 18.8. The fourth-order valence-electron chi connectivity index (χ4n) is 9.56. The number of methoxy groups -OCH3 is 2. The molecule has 0 spiro atoms. The van der Waals surface area contributed by atoms with Crippen molar-refractivity contribution < 1.29 is 33.4 Å². The van der Waals surface area contributed by atoms with Gasteiger partial charge in [0, 0.05) is 40.7 Å². The summed E-state index contributed by atoms with van der Waals surface area (Å²) in [6.07, 6.45) is 5.05. The molecule has 6 aromatic rings. The summed E-state index contributed by atoms with van der Waals surface area (Å²) in [7, 11) is 2.58. The highest BCUT2D eigenvalue weighted by molar-refractivity contribution is 5.93. The molecule has 5 atom stereocenters. The monoisotopic (exact) mass is 881 g/mol. The molecule has 0 radical (unpaired) electrons. The zero-order valence-corrected chi connectivity index (χ0v) is 37.5. The van der Waals surface area contributed by atoms with E-state index in [9.17, 15) is 19.2 Å². The maximum absolute atomic E-state index is 13.8. The molecule has 3 aliphatic heterocycles. The van der Waals surface area contributed by atoms with E-state index in [-0.39, 0.29) is 35.7 Å². The molecule has 9 rings (SSSR count). The molecule has 4 unspecified atom stereocenters. The van der Waals surface area contributed by atoms with Gasteiger partial charge in [-0.2, -0.15) is 0 Å². The van der Waals surface area contributed by atoms with Crippen LogP contribution in [-0.4, -0.2) is 97.7 Å². The second-order valence-corrected chi connectivity index (χ2v) is 17.7. The number of benzene rings is 3. The van der Waals surface area contributed by atoms with Gasteiger partial charge in [-0.25, -0.2) is 19.6 Å². The third-order valence-corrected chi connectivity index (χ3v) is 13.0. The van der Waals surface area contributed by atoms with Gasteiger partial charge in [-0.3, -0.25) is 9.59 Å². The molecule has 0 aliphatic carbocycles. The molecule has 2 saturated heterocycles. The van der Waals surface area contributed by atoms with Crippen LogP contribution in [0.1, 0.15) is 88.9 Å². The lowest BCUT2D eigenvalue weighted by molar-refractivity contribution is -0.136. The minimum absolute atomic E-state index is 0.128. The number of hydrogen-bond donors (Lipinski definition) is 4. The van der Waals surface area contributed by atoms with E-state index in [0.29, 0.717) is 24.7 Å². The van der Waals surface area contributed by atoms with E-state index in [1.54, 1.807) is 6.20 Å². The van der Waals surface area contributed by atoms with Gasteiger partial charge >= 0.3 is 12.2 Å². The number of aromatic nitrogens is 5. The molecule has 338 valence electrons. The van der Waals surface area contributed by atoms with Crippen LogP contribution in [0.15, 0.2) is 85.2 Å². The van der Waals surface area contributed by atoms with Crippen LogP contribution in [-0.2, 0) is 19.1 Å². The van der Waals surface area contributed by atoms with Crippen LogP contribution >= 0.6 is 0 Å². The van der Waals surface area contributed by atoms with E-state index in [4.69, 9.17) is 24.2 Å². The normalized spacial score (nSPS) is 18.9. The van der Waals surface area contributed by atoms with Gasteiger partial charge in [0.05, 0.1) is 61.3 Å². The van der Waals surface area contributed by atoms with Crippen LogP contribution in [0.3, 0.4) is 0 Å². The highest BCUT2D eigenvalue weighted by Crippen LogP contribution is 2.46. The number of ether oxygens (including phenoxy) is 3. The number of nitrogens with one attached hydrogen (secondary N) is 4. The van der Waals surface area contributed by atoms with Crippen molar-refractivity contribution in [2.24, 2.45) is 11.8 Å². The lowest BCUT2D eigenvalue weighted by Crippen LogP contribution is -2.51. The van der Waals surface area contributed by atoms with Gasteiger partial charge in [-0.15, -0.1) is 0 Å². The van der Waals surface area contributed by atoms with Gasteiger partial charge in [-0.05, 0) is 67.9 Å². The molecule has 3 aromatic carbocycles. The summed E-state index contributed by atoms with van der Waals surface area (Å²) in [5, 5.41) is 6.46. The Morgan fingerprint density at radius 3 is 1.78 bits per heavy atom. The van der Waals surface area contributed by atoms with Gasteiger partial charge in [0.15, 0.2) is 0 Å². The first-order valence-corrected chi connectivity index (χ1v) is 22.4. The maximum Gasteiger partial charge on any atom is 0.407 e. The number of amides is 4. The molecule has 2 fully saturated rings. The Balaban J connectivity index is 1.00. The van der Waals surface area contributed by atoms with Crippen molar-refractivity contribution in [1.82, 2.24) is 44.9 Å². The molecule has 4 amide bonds. The van der Waals surface area contributed by atoms with Crippen LogP contribution in [0.2, 0.25) is 0 Å². The third-order valence-electron chi connectivity index (χ3n) is 13.0. The Kier molecular flexibility index (Phi) is 11.8. The number of imidazole rings is 2. The minimum atomic E-state index is -0.720. The summed E-state index contributed by atoms with van der Waals surface area (Å²) in [5.74, 6) is 1.55. The molecule has 0 saturated carbocycles. The lowest BCUT2D eigenvalue weighted by Gasteiger charge is -2.30. The van der Waals surface area contributed by atoms with Crippen molar-refractivity contribution in [3.63, 3.8) is 0 Å². The number of fused-ring (bicyclic) bond motifs is 5. The summed E-state index contributed by atoms with van der Waals surface area (Å²) in [5.41, 5.74) is 7.43. The Morgan fingerprint density at radius 1 is 0.708 bits per heavy atom. The fourth-order valence-corrected chi connectivity index (χ4v) is 9.56. The number of H-pyrrole nitrogens is 2. The van der Waals surface area contributed by atoms with Crippen LogP contribution in [0.4, 0.5) is 9.59 Å². The molecule has 65 heavy (non-hydrogen) atoms. The number of nitrogens with zero attached hydrogens (tertiary/aromatic N) is 5. The van der Waals surface area contributed by atoms with Crippen molar-refractivity contribution in [3.05, 3.63) is 102 Å². The van der Waals surface area contributed by atoms with Gasteiger partial charge in [0.2, 0.25) is 18.0 Å². The van der Waals surface area contributed by atoms with Crippen LogP contribution in [0, 0.1) is 11.8 Å². The molecule has 4 N–H and O–H groups in total. The number of alkyl carbamates (subject to hydrolysis) is 2. The van der Waals surface area contributed by atoms with Crippen molar-refractivity contribution in [2.75, 3.05) is 27.3 Å². The summed E-state index contributed by atoms with van der Waals surface area (Å²) in [4.78, 5) is 72.0. The first-order valence-electron chi connectivity index (χ1n) is 22.4. The maximum atomic E-state index is 13.8. The molecular weight excluding hydrogens is 827 g/mol. The second-order valence-electron chi connectivity index (χ2n) is 17.7. The fraction of sp³-hybridized carbons (Fsp3) is 0.388. The highest BCUT2D eigenvalue weighted by atomic mass is 16.5. The number of carbonyl (C=O) groups excluding carboxylic acids is 4. The smallest absolute Gasteiger partial charge is 0.407 e. The molecule has 16 heteroatoms. The average Bonchev–Trinajstić information content (AvgIpc) is 4.18. The Labute approximate surface area is 377 Å². The van der Waals surface area contributed by atoms with Gasteiger partial charge in [-0.1, -0.05) is 70.2 Å². The number of likely N-dealkylation sites (tertiary alicyclic amines) is 2. The van der Waals surface area contributed by atoms with Crippen molar-refractivity contribution in [1.29, 1.82) is 0 Å². The largest absolute Gasteiger partial charge is 0.465 e. The number of carbonyl (C=O) groups is 4. The van der Waals surface area contributed by atoms with Gasteiger partial charge in [0.25, 0.3) is 0 Å².